The third-order valence-electron chi connectivity index (χ3n) is 5.45. The van der Waals surface area contributed by atoms with Crippen LogP contribution in [-0.2, 0) is 31.8 Å². The van der Waals surface area contributed by atoms with Crippen LogP contribution >= 0.6 is 11.8 Å². The topological polar surface area (TPSA) is 55.8 Å². The number of esters is 1. The Bertz CT molecular complexity index is 838. The minimum absolute atomic E-state index is 0.0134. The Morgan fingerprint density at radius 3 is 2.55 bits per heavy atom. The van der Waals surface area contributed by atoms with E-state index >= 15 is 0 Å². The molecule has 170 valence electrons. The van der Waals surface area contributed by atoms with E-state index in [4.69, 9.17) is 9.47 Å². The van der Waals surface area contributed by atoms with E-state index in [1.54, 1.807) is 0 Å². The standard InChI is InChI=1S/C22H26F3NO4S/c1-3-16-17-12-18(31-11-5-10-29-4-2)19(26(17)20(16)27)21(28)30-13-14-6-8-15(9-7-14)22(23,24)25/h6-9,16-17H,3-5,10-13H2,1-2H3. The van der Waals surface area contributed by atoms with Crippen molar-refractivity contribution in [1.29, 1.82) is 0 Å². The van der Waals surface area contributed by atoms with Gasteiger partial charge in [0.1, 0.15) is 12.3 Å². The first-order valence-corrected chi connectivity index (χ1v) is 11.4. The smallest absolute Gasteiger partial charge is 0.416 e. The van der Waals surface area contributed by atoms with Crippen LogP contribution in [0.1, 0.15) is 44.2 Å². The fraction of sp³-hybridized carbons (Fsp3) is 0.545. The van der Waals surface area contributed by atoms with E-state index in [9.17, 15) is 22.8 Å². The van der Waals surface area contributed by atoms with Gasteiger partial charge < -0.3 is 14.4 Å². The van der Waals surface area contributed by atoms with E-state index in [0.717, 1.165) is 35.6 Å². The number of thioether (sulfide) groups is 1. The zero-order valence-corrected chi connectivity index (χ0v) is 18.4. The van der Waals surface area contributed by atoms with Gasteiger partial charge in [0.15, 0.2) is 0 Å². The van der Waals surface area contributed by atoms with Crippen molar-refractivity contribution < 1.29 is 32.2 Å². The van der Waals surface area contributed by atoms with Crippen molar-refractivity contribution in [3.05, 3.63) is 46.0 Å². The molecule has 5 nitrogen and oxygen atoms in total. The lowest BCUT2D eigenvalue weighted by atomic mass is 9.85. The molecule has 3 rings (SSSR count). The number of hydrogen-bond acceptors (Lipinski definition) is 5. The van der Waals surface area contributed by atoms with Gasteiger partial charge in [0.2, 0.25) is 5.91 Å². The largest absolute Gasteiger partial charge is 0.456 e. The summed E-state index contributed by atoms with van der Waals surface area (Å²) < 4.78 is 48.8. The van der Waals surface area contributed by atoms with Gasteiger partial charge >= 0.3 is 12.1 Å². The number of amides is 1. The zero-order chi connectivity index (χ0) is 22.6. The maximum atomic E-state index is 12.8. The molecule has 2 aliphatic rings. The third-order valence-corrected chi connectivity index (χ3v) is 6.65. The molecule has 1 fully saturated rings. The van der Waals surface area contributed by atoms with Crippen molar-refractivity contribution in [2.24, 2.45) is 5.92 Å². The van der Waals surface area contributed by atoms with Crippen molar-refractivity contribution in [3.8, 4) is 0 Å². The number of halogens is 3. The molecule has 0 bridgehead atoms. The minimum atomic E-state index is -4.42. The Hall–Kier alpha value is -2.00. The van der Waals surface area contributed by atoms with Crippen LogP contribution in [-0.4, -0.2) is 41.8 Å². The molecule has 1 aromatic carbocycles. The first-order chi connectivity index (χ1) is 14.8. The van der Waals surface area contributed by atoms with Gasteiger partial charge in [-0.25, -0.2) is 4.79 Å². The van der Waals surface area contributed by atoms with Crippen LogP contribution in [0.25, 0.3) is 0 Å². The lowest BCUT2D eigenvalue weighted by Gasteiger charge is -2.43. The average molecular weight is 458 g/mol. The molecular weight excluding hydrogens is 431 g/mol. The molecule has 1 amide bonds. The molecule has 0 aliphatic carbocycles. The van der Waals surface area contributed by atoms with Crippen LogP contribution in [0.5, 0.6) is 0 Å². The summed E-state index contributed by atoms with van der Waals surface area (Å²) in [5.41, 5.74) is -0.0248. The number of β-lactam (4-membered cyclic amide) rings is 1. The third kappa shape index (κ3) is 5.26. The van der Waals surface area contributed by atoms with Crippen LogP contribution in [0.15, 0.2) is 34.9 Å². The molecule has 0 spiro atoms. The van der Waals surface area contributed by atoms with Gasteiger partial charge in [0, 0.05) is 24.5 Å². The van der Waals surface area contributed by atoms with Gasteiger partial charge in [0.05, 0.1) is 17.5 Å². The Morgan fingerprint density at radius 2 is 1.94 bits per heavy atom. The van der Waals surface area contributed by atoms with E-state index in [1.807, 2.05) is 13.8 Å². The van der Waals surface area contributed by atoms with Crippen LogP contribution < -0.4 is 0 Å². The van der Waals surface area contributed by atoms with Gasteiger partial charge in [-0.05, 0) is 43.2 Å². The second kappa shape index (κ2) is 10.1. The van der Waals surface area contributed by atoms with E-state index in [0.29, 0.717) is 25.2 Å². The average Bonchev–Trinajstić information content (AvgIpc) is 3.06. The molecule has 0 aromatic heterocycles. The molecule has 2 aliphatic heterocycles. The van der Waals surface area contributed by atoms with E-state index < -0.39 is 17.7 Å². The normalized spacial score (nSPS) is 20.7. The summed E-state index contributed by atoms with van der Waals surface area (Å²) in [6.07, 6.45) is -2.24. The van der Waals surface area contributed by atoms with Crippen molar-refractivity contribution >= 4 is 23.6 Å². The lowest BCUT2D eigenvalue weighted by molar-refractivity contribution is -0.157. The summed E-state index contributed by atoms with van der Waals surface area (Å²) in [5, 5.41) is 0. The summed E-state index contributed by atoms with van der Waals surface area (Å²) in [5.74, 6) is -0.00735. The van der Waals surface area contributed by atoms with Gasteiger partial charge in [-0.3, -0.25) is 4.79 Å². The fourth-order valence-electron chi connectivity index (χ4n) is 3.83. The molecule has 1 aromatic rings. The first-order valence-electron chi connectivity index (χ1n) is 10.4. The van der Waals surface area contributed by atoms with E-state index in [-0.39, 0.29) is 30.2 Å². The summed E-state index contributed by atoms with van der Waals surface area (Å²) >= 11 is 1.54. The number of rotatable bonds is 10. The number of alkyl halides is 3. The van der Waals surface area contributed by atoms with Gasteiger partial charge in [-0.2, -0.15) is 13.2 Å². The summed E-state index contributed by atoms with van der Waals surface area (Å²) in [6, 6.07) is 4.47. The van der Waals surface area contributed by atoms with Gasteiger partial charge in [0.25, 0.3) is 0 Å². The highest BCUT2D eigenvalue weighted by atomic mass is 32.2. The van der Waals surface area contributed by atoms with Gasteiger partial charge in [-0.1, -0.05) is 19.1 Å². The van der Waals surface area contributed by atoms with Crippen LogP contribution in [0.4, 0.5) is 13.2 Å². The predicted molar refractivity (Wildman–Crippen MR) is 111 cm³/mol. The van der Waals surface area contributed by atoms with Crippen molar-refractivity contribution in [2.45, 2.75) is 51.9 Å². The molecule has 0 radical (unpaired) electrons. The Morgan fingerprint density at radius 1 is 1.23 bits per heavy atom. The monoisotopic (exact) mass is 457 g/mol. The number of benzene rings is 1. The molecular formula is C22H26F3NO4S. The number of carbonyl (C=O) groups excluding carboxylic acids is 2. The van der Waals surface area contributed by atoms with Crippen molar-refractivity contribution in [1.82, 2.24) is 4.90 Å². The van der Waals surface area contributed by atoms with Crippen molar-refractivity contribution in [3.63, 3.8) is 0 Å². The second-order valence-corrected chi connectivity index (χ2v) is 8.63. The molecule has 2 unspecified atom stereocenters. The first kappa shape index (κ1) is 23.7. The number of nitrogens with zero attached hydrogens (tertiary/aromatic N) is 1. The number of fused-ring (bicyclic) bond motifs is 1. The van der Waals surface area contributed by atoms with Gasteiger partial charge in [-0.15, -0.1) is 11.8 Å². The Labute approximate surface area is 183 Å². The molecule has 1 saturated heterocycles. The predicted octanol–water partition coefficient (Wildman–Crippen LogP) is 4.76. The Kier molecular flexibility index (Phi) is 7.69. The van der Waals surface area contributed by atoms with Crippen molar-refractivity contribution in [2.75, 3.05) is 19.0 Å². The van der Waals surface area contributed by atoms with E-state index in [1.165, 1.54) is 28.8 Å². The molecule has 2 heterocycles. The highest BCUT2D eigenvalue weighted by Crippen LogP contribution is 2.47. The van der Waals surface area contributed by atoms with E-state index in [2.05, 4.69) is 0 Å². The number of carbonyl (C=O) groups is 2. The SMILES string of the molecule is CCOCCCSC1=C(C(=O)OCc2ccc(C(F)(F)F)cc2)N2C(=O)C(CC)C2C1. The highest BCUT2D eigenvalue weighted by Gasteiger charge is 2.54. The maximum absolute atomic E-state index is 12.8. The van der Waals surface area contributed by atoms with Crippen LogP contribution in [0, 0.1) is 5.92 Å². The number of hydrogen-bond donors (Lipinski definition) is 0. The summed E-state index contributed by atoms with van der Waals surface area (Å²) in [4.78, 5) is 27.7. The molecule has 9 heteroatoms. The van der Waals surface area contributed by atoms with Crippen LogP contribution in [0.2, 0.25) is 0 Å². The van der Waals surface area contributed by atoms with Crippen LogP contribution in [0.3, 0.4) is 0 Å². The maximum Gasteiger partial charge on any atom is 0.416 e. The molecule has 31 heavy (non-hydrogen) atoms. The quantitative estimate of drug-likeness (QED) is 0.288. The second-order valence-electron chi connectivity index (χ2n) is 7.44. The summed E-state index contributed by atoms with van der Waals surface area (Å²) in [7, 11) is 0. The minimum Gasteiger partial charge on any atom is -0.456 e. The zero-order valence-electron chi connectivity index (χ0n) is 17.5. The fourth-order valence-corrected chi connectivity index (χ4v) is 4.94. The highest BCUT2D eigenvalue weighted by molar-refractivity contribution is 8.03. The molecule has 0 saturated carbocycles. The Balaban J connectivity index is 1.66. The molecule has 2 atom stereocenters. The lowest BCUT2D eigenvalue weighted by Crippen LogP contribution is -2.58. The summed E-state index contributed by atoms with van der Waals surface area (Å²) in [6.45, 7) is 5.01. The number of ether oxygens (including phenoxy) is 2. The molecule has 0 N–H and O–H groups in total.